The number of carbonyl (C=O) groups excluding carboxylic acids is 1. The van der Waals surface area contributed by atoms with Crippen LogP contribution < -0.4 is 0 Å². The van der Waals surface area contributed by atoms with E-state index in [9.17, 15) is 4.79 Å². The van der Waals surface area contributed by atoms with Gasteiger partial charge in [-0.15, -0.1) is 0 Å². The molecule has 0 bridgehead atoms. The van der Waals surface area contributed by atoms with E-state index < -0.39 is 0 Å². The van der Waals surface area contributed by atoms with Gasteiger partial charge in [0.15, 0.2) is 5.78 Å². The molecule has 0 amide bonds. The molecule has 0 aliphatic rings. The molecule has 0 fully saturated rings. The van der Waals surface area contributed by atoms with Gasteiger partial charge in [0.05, 0.1) is 5.60 Å². The highest BCUT2D eigenvalue weighted by Gasteiger charge is 2.21. The minimum atomic E-state index is 0.0444. The number of rotatable bonds is 13. The van der Waals surface area contributed by atoms with Crippen molar-refractivity contribution >= 4 is 5.78 Å². The normalized spacial score (nSPS) is 16.5. The van der Waals surface area contributed by atoms with Gasteiger partial charge in [0.2, 0.25) is 0 Å². The van der Waals surface area contributed by atoms with Crippen molar-refractivity contribution < 1.29 is 9.53 Å². The van der Waals surface area contributed by atoms with E-state index >= 15 is 0 Å². The molecule has 2 heteroatoms. The maximum atomic E-state index is 11.4. The molecule has 0 heterocycles. The minimum Gasteiger partial charge on any atom is -0.376 e. The largest absolute Gasteiger partial charge is 0.376 e. The maximum absolute atomic E-state index is 11.4. The first-order valence-electron chi connectivity index (χ1n) is 9.42. The molecule has 2 atom stereocenters. The first-order valence-corrected chi connectivity index (χ1v) is 9.42. The highest BCUT2D eigenvalue weighted by atomic mass is 16.5. The Morgan fingerprint density at radius 1 is 1.22 bits per heavy atom. The van der Waals surface area contributed by atoms with E-state index in [2.05, 4.69) is 39.8 Å². The average molecular weight is 323 g/mol. The molecule has 2 nitrogen and oxygen atoms in total. The third-order valence-corrected chi connectivity index (χ3v) is 4.72. The van der Waals surface area contributed by atoms with Crippen LogP contribution in [0.25, 0.3) is 0 Å². The molecule has 0 aliphatic carbocycles. The van der Waals surface area contributed by atoms with Crippen LogP contribution in [-0.2, 0) is 9.53 Å². The van der Waals surface area contributed by atoms with E-state index in [4.69, 9.17) is 4.74 Å². The summed E-state index contributed by atoms with van der Waals surface area (Å²) in [6.07, 6.45) is 13.6. The lowest BCUT2D eigenvalue weighted by Crippen LogP contribution is -2.27. The molecule has 2 unspecified atom stereocenters. The Morgan fingerprint density at radius 2 is 1.91 bits per heavy atom. The van der Waals surface area contributed by atoms with Crippen LogP contribution in [0.2, 0.25) is 0 Å². The molecular formula is C21H38O2. The fourth-order valence-electron chi connectivity index (χ4n) is 2.80. The van der Waals surface area contributed by atoms with Crippen molar-refractivity contribution in [1.82, 2.24) is 0 Å². The van der Waals surface area contributed by atoms with Gasteiger partial charge in [-0.3, -0.25) is 4.79 Å². The summed E-state index contributed by atoms with van der Waals surface area (Å²) in [5.74, 6) is 0.928. The minimum absolute atomic E-state index is 0.0444. The van der Waals surface area contributed by atoms with Gasteiger partial charge < -0.3 is 4.74 Å². The third-order valence-electron chi connectivity index (χ3n) is 4.72. The smallest absolute Gasteiger partial charge is 0.155 e. The standard InChI is InChI=1S/C21H38O2/c1-7-19(14-11-13-18(5)17-20(22)8-2)15-12-16-21(6,9-3)23-10-4/h11,13,17,19H,7-10,12,14-16H2,1-6H3. The molecule has 0 aromatic rings. The van der Waals surface area contributed by atoms with E-state index in [1.807, 2.05) is 13.8 Å². The lowest BCUT2D eigenvalue weighted by molar-refractivity contribution is -0.114. The summed E-state index contributed by atoms with van der Waals surface area (Å²) < 4.78 is 5.90. The molecule has 0 saturated heterocycles. The van der Waals surface area contributed by atoms with Crippen molar-refractivity contribution in [2.24, 2.45) is 5.92 Å². The van der Waals surface area contributed by atoms with Gasteiger partial charge in [0, 0.05) is 13.0 Å². The zero-order valence-corrected chi connectivity index (χ0v) is 16.3. The van der Waals surface area contributed by atoms with Crippen LogP contribution in [0.4, 0.5) is 0 Å². The third kappa shape index (κ3) is 10.5. The highest BCUT2D eigenvalue weighted by molar-refractivity contribution is 5.90. The van der Waals surface area contributed by atoms with Crippen LogP contribution in [0, 0.1) is 5.92 Å². The zero-order chi connectivity index (χ0) is 17.7. The average Bonchev–Trinajstić information content (AvgIpc) is 2.53. The fourth-order valence-corrected chi connectivity index (χ4v) is 2.80. The van der Waals surface area contributed by atoms with Gasteiger partial charge in [-0.1, -0.05) is 52.2 Å². The number of ketones is 1. The summed E-state index contributed by atoms with van der Waals surface area (Å²) >= 11 is 0. The van der Waals surface area contributed by atoms with E-state index in [-0.39, 0.29) is 11.4 Å². The molecule has 0 aliphatic heterocycles. The second kappa shape index (κ2) is 12.5. The molecule has 0 aromatic carbocycles. The van der Waals surface area contributed by atoms with Crippen molar-refractivity contribution in [1.29, 1.82) is 0 Å². The molecule has 134 valence electrons. The van der Waals surface area contributed by atoms with Gasteiger partial charge in [-0.25, -0.2) is 0 Å². The summed E-state index contributed by atoms with van der Waals surface area (Å²) in [6, 6.07) is 0. The van der Waals surface area contributed by atoms with Crippen molar-refractivity contribution in [3.63, 3.8) is 0 Å². The van der Waals surface area contributed by atoms with Crippen molar-refractivity contribution in [3.8, 4) is 0 Å². The molecule has 0 spiro atoms. The molecule has 0 radical (unpaired) electrons. The predicted octanol–water partition coefficient (Wildman–Crippen LogP) is 6.26. The second-order valence-corrected chi connectivity index (χ2v) is 6.75. The van der Waals surface area contributed by atoms with Gasteiger partial charge in [0.25, 0.3) is 0 Å². The molecule has 0 saturated carbocycles. The van der Waals surface area contributed by atoms with E-state index in [0.717, 1.165) is 37.4 Å². The van der Waals surface area contributed by atoms with Crippen molar-refractivity contribution in [2.45, 2.75) is 92.1 Å². The van der Waals surface area contributed by atoms with Crippen LogP contribution in [0.15, 0.2) is 23.8 Å². The molecule has 23 heavy (non-hydrogen) atoms. The Morgan fingerprint density at radius 3 is 2.43 bits per heavy atom. The van der Waals surface area contributed by atoms with Crippen LogP contribution in [0.3, 0.4) is 0 Å². The van der Waals surface area contributed by atoms with Crippen LogP contribution >= 0.6 is 0 Å². The van der Waals surface area contributed by atoms with Crippen molar-refractivity contribution in [2.75, 3.05) is 6.61 Å². The Labute approximate surface area is 144 Å². The summed E-state index contributed by atoms with van der Waals surface area (Å²) in [7, 11) is 0. The monoisotopic (exact) mass is 322 g/mol. The molecule has 0 rings (SSSR count). The highest BCUT2D eigenvalue weighted by Crippen LogP contribution is 2.26. The van der Waals surface area contributed by atoms with Gasteiger partial charge >= 0.3 is 0 Å². The summed E-state index contributed by atoms with van der Waals surface area (Å²) in [5.41, 5.74) is 1.10. The number of hydrogen-bond donors (Lipinski definition) is 0. The number of ether oxygens (including phenoxy) is 1. The lowest BCUT2D eigenvalue weighted by Gasteiger charge is -2.28. The summed E-state index contributed by atoms with van der Waals surface area (Å²) in [6.45, 7) is 13.5. The maximum Gasteiger partial charge on any atom is 0.155 e. The number of allylic oxidation sites excluding steroid dienone is 4. The number of hydrogen-bond acceptors (Lipinski definition) is 2. The van der Waals surface area contributed by atoms with Crippen LogP contribution in [0.5, 0.6) is 0 Å². The SMILES string of the molecule is CCOC(C)(CC)CCCC(CC)CC=CC(C)=CC(=O)CC. The quantitative estimate of drug-likeness (QED) is 0.295. The Balaban J connectivity index is 4.26. The predicted molar refractivity (Wildman–Crippen MR) is 101 cm³/mol. The van der Waals surface area contributed by atoms with Crippen LogP contribution in [-0.4, -0.2) is 18.0 Å². The molecule has 0 N–H and O–H groups in total. The van der Waals surface area contributed by atoms with Gasteiger partial charge in [-0.2, -0.15) is 0 Å². The lowest BCUT2D eigenvalue weighted by atomic mass is 9.90. The number of carbonyl (C=O) groups is 1. The first-order chi connectivity index (χ1) is 10.9. The van der Waals surface area contributed by atoms with Crippen LogP contribution in [0.1, 0.15) is 86.5 Å². The van der Waals surface area contributed by atoms with E-state index in [0.29, 0.717) is 6.42 Å². The Hall–Kier alpha value is -0.890. The van der Waals surface area contributed by atoms with Gasteiger partial charge in [-0.05, 0) is 57.6 Å². The van der Waals surface area contributed by atoms with E-state index in [1.165, 1.54) is 19.3 Å². The van der Waals surface area contributed by atoms with E-state index in [1.54, 1.807) is 6.08 Å². The van der Waals surface area contributed by atoms with Gasteiger partial charge in [0.1, 0.15) is 0 Å². The molecular weight excluding hydrogens is 284 g/mol. The Bertz CT molecular complexity index is 381. The summed E-state index contributed by atoms with van der Waals surface area (Å²) in [4.78, 5) is 11.4. The fraction of sp³-hybridized carbons (Fsp3) is 0.762. The van der Waals surface area contributed by atoms with Crippen molar-refractivity contribution in [3.05, 3.63) is 23.8 Å². The molecule has 0 aromatic heterocycles. The topological polar surface area (TPSA) is 26.3 Å². The Kier molecular flexibility index (Phi) is 12.0. The second-order valence-electron chi connectivity index (χ2n) is 6.75. The first kappa shape index (κ1) is 22.1. The zero-order valence-electron chi connectivity index (χ0n) is 16.3. The summed E-state index contributed by atoms with van der Waals surface area (Å²) in [5, 5.41) is 0.